The summed E-state index contributed by atoms with van der Waals surface area (Å²) in [4.78, 5) is 24.1. The number of amides is 1. The molecule has 0 radical (unpaired) electrons. The van der Waals surface area contributed by atoms with Crippen LogP contribution in [0, 0.1) is 0 Å². The number of rotatable bonds is 6. The average molecular weight is 323 g/mol. The monoisotopic (exact) mass is 323 g/mol. The molecule has 1 N–H and O–H groups in total. The van der Waals surface area contributed by atoms with Gasteiger partial charge in [0.1, 0.15) is 11.3 Å². The van der Waals surface area contributed by atoms with E-state index in [0.29, 0.717) is 30.5 Å². The fraction of sp³-hybridized carbons (Fsp3) is 0.158. The number of fused-ring (bicyclic) bond motifs is 1. The van der Waals surface area contributed by atoms with Crippen molar-refractivity contribution in [1.29, 1.82) is 0 Å². The third kappa shape index (κ3) is 3.81. The predicted octanol–water partition coefficient (Wildman–Crippen LogP) is 2.99. The molecule has 0 spiro atoms. The number of ether oxygens (including phenoxy) is 1. The first kappa shape index (κ1) is 15.8. The molecule has 2 aromatic carbocycles. The van der Waals surface area contributed by atoms with Crippen molar-refractivity contribution in [3.05, 3.63) is 76.6 Å². The summed E-state index contributed by atoms with van der Waals surface area (Å²) in [5.74, 6) is 0.407. The van der Waals surface area contributed by atoms with E-state index in [4.69, 9.17) is 9.15 Å². The second-order valence-electron chi connectivity index (χ2n) is 5.24. The third-order valence-corrected chi connectivity index (χ3v) is 3.48. The van der Waals surface area contributed by atoms with Gasteiger partial charge in [-0.05, 0) is 30.7 Å². The summed E-state index contributed by atoms with van der Waals surface area (Å²) in [6, 6.07) is 17.6. The van der Waals surface area contributed by atoms with E-state index < -0.39 is 5.91 Å². The fourth-order valence-electron chi connectivity index (χ4n) is 2.28. The van der Waals surface area contributed by atoms with Gasteiger partial charge in [0, 0.05) is 12.6 Å². The average Bonchev–Trinajstić information content (AvgIpc) is 2.62. The van der Waals surface area contributed by atoms with Gasteiger partial charge in [0.25, 0.3) is 5.91 Å². The normalized spacial score (nSPS) is 10.5. The van der Waals surface area contributed by atoms with Crippen LogP contribution in [-0.2, 0) is 0 Å². The summed E-state index contributed by atoms with van der Waals surface area (Å²) in [6.45, 7) is 0.925. The molecule has 0 aliphatic carbocycles. The van der Waals surface area contributed by atoms with Crippen molar-refractivity contribution in [3.63, 3.8) is 0 Å². The Balaban J connectivity index is 1.53. The van der Waals surface area contributed by atoms with E-state index in [2.05, 4.69) is 5.32 Å². The topological polar surface area (TPSA) is 68.5 Å². The molecule has 0 atom stereocenters. The lowest BCUT2D eigenvalue weighted by molar-refractivity contribution is 0.0924. The molecule has 0 saturated heterocycles. The van der Waals surface area contributed by atoms with E-state index >= 15 is 0 Å². The van der Waals surface area contributed by atoms with E-state index in [1.165, 1.54) is 6.07 Å². The van der Waals surface area contributed by atoms with Gasteiger partial charge in [0.05, 0.1) is 12.0 Å². The molecule has 1 aromatic heterocycles. The molecule has 5 heteroatoms. The minimum absolute atomic E-state index is 0.0164. The van der Waals surface area contributed by atoms with E-state index in [1.807, 2.05) is 30.3 Å². The van der Waals surface area contributed by atoms with Gasteiger partial charge in [-0.15, -0.1) is 0 Å². The van der Waals surface area contributed by atoms with E-state index in [-0.39, 0.29) is 11.2 Å². The highest BCUT2D eigenvalue weighted by Crippen LogP contribution is 2.11. The van der Waals surface area contributed by atoms with Crippen LogP contribution < -0.4 is 15.5 Å². The third-order valence-electron chi connectivity index (χ3n) is 3.48. The standard InChI is InChI=1S/C19H17NO4/c21-16-13-18(24-17-10-5-4-9-15(16)17)19(22)20-11-6-12-23-14-7-2-1-3-8-14/h1-5,7-10,13H,6,11-12H2,(H,20,22). The minimum Gasteiger partial charge on any atom is -0.494 e. The second-order valence-corrected chi connectivity index (χ2v) is 5.24. The molecule has 0 aliphatic heterocycles. The smallest absolute Gasteiger partial charge is 0.287 e. The van der Waals surface area contributed by atoms with Crippen molar-refractivity contribution in [2.75, 3.05) is 13.2 Å². The highest BCUT2D eigenvalue weighted by Gasteiger charge is 2.11. The molecule has 0 fully saturated rings. The van der Waals surface area contributed by atoms with Crippen LogP contribution in [-0.4, -0.2) is 19.1 Å². The van der Waals surface area contributed by atoms with Gasteiger partial charge in [-0.3, -0.25) is 9.59 Å². The summed E-state index contributed by atoms with van der Waals surface area (Å²) in [5, 5.41) is 3.19. The highest BCUT2D eigenvalue weighted by atomic mass is 16.5. The Labute approximate surface area is 138 Å². The summed E-state index contributed by atoms with van der Waals surface area (Å²) < 4.78 is 11.0. The number of benzene rings is 2. The molecule has 0 bridgehead atoms. The van der Waals surface area contributed by atoms with Crippen molar-refractivity contribution in [1.82, 2.24) is 5.32 Å². The first-order valence-electron chi connectivity index (χ1n) is 7.73. The maximum atomic E-state index is 12.1. The lowest BCUT2D eigenvalue weighted by Gasteiger charge is -2.07. The number of para-hydroxylation sites is 2. The molecule has 0 saturated carbocycles. The number of hydrogen-bond donors (Lipinski definition) is 1. The molecule has 0 aliphatic rings. The molecule has 1 heterocycles. The molecule has 0 unspecified atom stereocenters. The maximum Gasteiger partial charge on any atom is 0.287 e. The SMILES string of the molecule is O=C(NCCCOc1ccccc1)c1cc(=O)c2ccccc2o1. The van der Waals surface area contributed by atoms with E-state index in [0.717, 1.165) is 5.75 Å². The Morgan fingerprint density at radius 3 is 2.62 bits per heavy atom. The summed E-state index contributed by atoms with van der Waals surface area (Å²) >= 11 is 0. The van der Waals surface area contributed by atoms with Gasteiger partial charge < -0.3 is 14.5 Å². The number of hydrogen-bond acceptors (Lipinski definition) is 4. The lowest BCUT2D eigenvalue weighted by atomic mass is 10.2. The minimum atomic E-state index is -0.405. The predicted molar refractivity (Wildman–Crippen MR) is 91.4 cm³/mol. The Kier molecular flexibility index (Phi) is 4.91. The van der Waals surface area contributed by atoms with Gasteiger partial charge in [0.15, 0.2) is 11.2 Å². The first-order valence-corrected chi connectivity index (χ1v) is 7.73. The van der Waals surface area contributed by atoms with Crippen LogP contribution in [0.4, 0.5) is 0 Å². The molecule has 3 aromatic rings. The second kappa shape index (κ2) is 7.46. The van der Waals surface area contributed by atoms with Crippen LogP contribution in [0.3, 0.4) is 0 Å². The Bertz CT molecular complexity index is 887. The van der Waals surface area contributed by atoms with Crippen molar-refractivity contribution in [3.8, 4) is 5.75 Å². The fourth-order valence-corrected chi connectivity index (χ4v) is 2.28. The molecule has 3 rings (SSSR count). The Morgan fingerprint density at radius 2 is 1.79 bits per heavy atom. The van der Waals surface area contributed by atoms with Crippen LogP contribution in [0.15, 0.2) is 69.9 Å². The van der Waals surface area contributed by atoms with Gasteiger partial charge in [-0.2, -0.15) is 0 Å². The molecule has 24 heavy (non-hydrogen) atoms. The zero-order chi connectivity index (χ0) is 16.8. The van der Waals surface area contributed by atoms with Crippen LogP contribution in [0.25, 0.3) is 11.0 Å². The van der Waals surface area contributed by atoms with Gasteiger partial charge in [0.2, 0.25) is 0 Å². The quantitative estimate of drug-likeness (QED) is 0.708. The van der Waals surface area contributed by atoms with Gasteiger partial charge >= 0.3 is 0 Å². The zero-order valence-corrected chi connectivity index (χ0v) is 13.0. The van der Waals surface area contributed by atoms with Gasteiger partial charge in [-0.1, -0.05) is 30.3 Å². The molecule has 5 nitrogen and oxygen atoms in total. The molecular weight excluding hydrogens is 306 g/mol. The summed E-state index contributed by atoms with van der Waals surface area (Å²) in [7, 11) is 0. The van der Waals surface area contributed by atoms with Crippen LogP contribution in [0.2, 0.25) is 0 Å². The largest absolute Gasteiger partial charge is 0.494 e. The maximum absolute atomic E-state index is 12.1. The van der Waals surface area contributed by atoms with Crippen molar-refractivity contribution in [2.24, 2.45) is 0 Å². The van der Waals surface area contributed by atoms with Crippen molar-refractivity contribution >= 4 is 16.9 Å². The molecule has 122 valence electrons. The van der Waals surface area contributed by atoms with Crippen LogP contribution >= 0.6 is 0 Å². The summed E-state index contributed by atoms with van der Waals surface area (Å²) in [6.07, 6.45) is 0.651. The lowest BCUT2D eigenvalue weighted by Crippen LogP contribution is -2.26. The Morgan fingerprint density at radius 1 is 1.04 bits per heavy atom. The first-order chi connectivity index (χ1) is 11.7. The van der Waals surface area contributed by atoms with Crippen LogP contribution in [0.5, 0.6) is 5.75 Å². The molecule has 1 amide bonds. The highest BCUT2D eigenvalue weighted by molar-refractivity contribution is 5.93. The number of carbonyl (C=O) groups is 1. The number of carbonyl (C=O) groups excluding carboxylic acids is 1. The van der Waals surface area contributed by atoms with Crippen molar-refractivity contribution in [2.45, 2.75) is 6.42 Å². The van der Waals surface area contributed by atoms with E-state index in [1.54, 1.807) is 24.3 Å². The van der Waals surface area contributed by atoms with E-state index in [9.17, 15) is 9.59 Å². The van der Waals surface area contributed by atoms with Gasteiger partial charge in [-0.25, -0.2) is 0 Å². The Hall–Kier alpha value is -3.08. The molecular formula is C19H17NO4. The van der Waals surface area contributed by atoms with Crippen LogP contribution in [0.1, 0.15) is 17.0 Å². The number of nitrogens with one attached hydrogen (secondary N) is 1. The van der Waals surface area contributed by atoms with Crippen molar-refractivity contribution < 1.29 is 13.9 Å². The summed E-state index contributed by atoms with van der Waals surface area (Å²) in [5.41, 5.74) is 0.178. The zero-order valence-electron chi connectivity index (χ0n) is 13.0.